The van der Waals surface area contributed by atoms with Crippen molar-refractivity contribution in [1.82, 2.24) is 0 Å². The molecule has 1 fully saturated rings. The van der Waals surface area contributed by atoms with Crippen molar-refractivity contribution in [3.63, 3.8) is 0 Å². The number of nitriles is 1. The topological polar surface area (TPSA) is 23.8 Å². The minimum absolute atomic E-state index is 0.731. The highest BCUT2D eigenvalue weighted by molar-refractivity contribution is 5.05. The molecular weight excluding hydrogens is 98.1 g/mol. The Morgan fingerprint density at radius 2 is 2.25 bits per heavy atom. The van der Waals surface area contributed by atoms with Gasteiger partial charge in [-0.1, -0.05) is 12.5 Å². The summed E-state index contributed by atoms with van der Waals surface area (Å²) in [7, 11) is 0. The largest absolute Gasteiger partial charge is 0.193 e. The summed E-state index contributed by atoms with van der Waals surface area (Å²) in [6, 6.07) is 1.99. The quantitative estimate of drug-likeness (QED) is 0.469. The predicted molar refractivity (Wildman–Crippen MR) is 32.1 cm³/mol. The molecule has 1 saturated carbocycles. The van der Waals surface area contributed by atoms with Gasteiger partial charge in [-0.15, -0.1) is 0 Å². The molecule has 1 rings (SSSR count). The summed E-state index contributed by atoms with van der Waals surface area (Å²) < 4.78 is 0. The number of rotatable bonds is 1. The van der Waals surface area contributed by atoms with Crippen LogP contribution in [0.25, 0.3) is 0 Å². The zero-order chi connectivity index (χ0) is 5.82. The standard InChI is InChI=1S/C7H9N/c8-6-2-5-7-3-1-4-7/h2,5,7H,1,3-4H2/b5-2-. The molecule has 0 aliphatic heterocycles. The van der Waals surface area contributed by atoms with Gasteiger partial charge in [-0.2, -0.15) is 5.26 Å². The monoisotopic (exact) mass is 107 g/mol. The fraction of sp³-hybridized carbons (Fsp3) is 0.571. The number of hydrogen-bond donors (Lipinski definition) is 0. The van der Waals surface area contributed by atoms with Gasteiger partial charge < -0.3 is 0 Å². The number of allylic oxidation sites excluding steroid dienone is 2. The predicted octanol–water partition coefficient (Wildman–Crippen LogP) is 1.87. The van der Waals surface area contributed by atoms with Gasteiger partial charge in [0.15, 0.2) is 0 Å². The fourth-order valence-electron chi connectivity index (χ4n) is 0.811. The molecule has 0 aromatic rings. The molecule has 1 heteroatoms. The highest BCUT2D eigenvalue weighted by atomic mass is 14.2. The maximum Gasteiger partial charge on any atom is 0.0908 e. The highest BCUT2D eigenvalue weighted by Crippen LogP contribution is 2.26. The van der Waals surface area contributed by atoms with Gasteiger partial charge in [0.2, 0.25) is 0 Å². The maximum absolute atomic E-state index is 8.10. The van der Waals surface area contributed by atoms with Crippen LogP contribution in [0.3, 0.4) is 0 Å². The molecule has 42 valence electrons. The van der Waals surface area contributed by atoms with Crippen LogP contribution in [-0.2, 0) is 0 Å². The molecule has 0 radical (unpaired) electrons. The van der Waals surface area contributed by atoms with Gasteiger partial charge in [0.1, 0.15) is 0 Å². The van der Waals surface area contributed by atoms with Crippen molar-refractivity contribution in [2.45, 2.75) is 19.3 Å². The summed E-state index contributed by atoms with van der Waals surface area (Å²) in [4.78, 5) is 0. The Morgan fingerprint density at radius 3 is 2.62 bits per heavy atom. The zero-order valence-electron chi connectivity index (χ0n) is 4.80. The summed E-state index contributed by atoms with van der Waals surface area (Å²) in [6.07, 6.45) is 7.52. The summed E-state index contributed by atoms with van der Waals surface area (Å²) in [5.74, 6) is 0.731. The first-order chi connectivity index (χ1) is 3.93. The van der Waals surface area contributed by atoms with Crippen molar-refractivity contribution in [2.75, 3.05) is 0 Å². The maximum atomic E-state index is 8.10. The first kappa shape index (κ1) is 5.37. The molecule has 8 heavy (non-hydrogen) atoms. The van der Waals surface area contributed by atoms with Gasteiger partial charge in [0, 0.05) is 6.08 Å². The Labute approximate surface area is 49.6 Å². The van der Waals surface area contributed by atoms with Gasteiger partial charge in [0.05, 0.1) is 6.07 Å². The van der Waals surface area contributed by atoms with Gasteiger partial charge in [-0.25, -0.2) is 0 Å². The number of hydrogen-bond acceptors (Lipinski definition) is 1. The van der Waals surface area contributed by atoms with Crippen LogP contribution in [-0.4, -0.2) is 0 Å². The van der Waals surface area contributed by atoms with E-state index in [1.54, 1.807) is 6.08 Å². The lowest BCUT2D eigenvalue weighted by Crippen LogP contribution is -2.06. The van der Waals surface area contributed by atoms with Crippen LogP contribution >= 0.6 is 0 Å². The van der Waals surface area contributed by atoms with E-state index in [0.717, 1.165) is 5.92 Å². The highest BCUT2D eigenvalue weighted by Gasteiger charge is 2.12. The second-order valence-electron chi connectivity index (χ2n) is 2.18. The van der Waals surface area contributed by atoms with Crippen molar-refractivity contribution in [3.8, 4) is 6.07 Å². The molecule has 0 aromatic heterocycles. The Hall–Kier alpha value is -0.770. The van der Waals surface area contributed by atoms with Crippen molar-refractivity contribution < 1.29 is 0 Å². The summed E-state index contributed by atoms with van der Waals surface area (Å²) >= 11 is 0. The van der Waals surface area contributed by atoms with Crippen LogP contribution in [0, 0.1) is 17.2 Å². The van der Waals surface area contributed by atoms with Crippen molar-refractivity contribution in [2.24, 2.45) is 5.92 Å². The third-order valence-electron chi connectivity index (χ3n) is 1.59. The molecule has 0 N–H and O–H groups in total. The van der Waals surface area contributed by atoms with E-state index in [0.29, 0.717) is 0 Å². The third kappa shape index (κ3) is 1.10. The second-order valence-corrected chi connectivity index (χ2v) is 2.18. The van der Waals surface area contributed by atoms with Crippen LogP contribution in [0.15, 0.2) is 12.2 Å². The minimum atomic E-state index is 0.731. The molecule has 0 spiro atoms. The molecule has 0 atom stereocenters. The molecular formula is C7H9N. The van der Waals surface area contributed by atoms with Crippen LogP contribution in [0.4, 0.5) is 0 Å². The molecule has 1 aliphatic rings. The molecule has 0 aromatic carbocycles. The van der Waals surface area contributed by atoms with Crippen molar-refractivity contribution in [1.29, 1.82) is 5.26 Å². The molecule has 0 heterocycles. The molecule has 0 unspecified atom stereocenters. The third-order valence-corrected chi connectivity index (χ3v) is 1.59. The van der Waals surface area contributed by atoms with Crippen molar-refractivity contribution in [3.05, 3.63) is 12.2 Å². The van der Waals surface area contributed by atoms with Crippen molar-refractivity contribution >= 4 is 0 Å². The normalized spacial score (nSPS) is 20.4. The molecule has 1 nitrogen and oxygen atoms in total. The SMILES string of the molecule is N#C/C=C\C1CCC1. The van der Waals surface area contributed by atoms with Gasteiger partial charge in [-0.05, 0) is 18.8 Å². The van der Waals surface area contributed by atoms with E-state index in [2.05, 4.69) is 0 Å². The van der Waals surface area contributed by atoms with Crippen LogP contribution in [0.5, 0.6) is 0 Å². The molecule has 1 aliphatic carbocycles. The van der Waals surface area contributed by atoms with E-state index in [-0.39, 0.29) is 0 Å². The molecule has 0 saturated heterocycles. The Kier molecular flexibility index (Phi) is 1.69. The Morgan fingerprint density at radius 1 is 1.50 bits per heavy atom. The summed E-state index contributed by atoms with van der Waals surface area (Å²) in [5, 5.41) is 8.10. The fourth-order valence-corrected chi connectivity index (χ4v) is 0.811. The van der Waals surface area contributed by atoms with Gasteiger partial charge >= 0.3 is 0 Å². The first-order valence-corrected chi connectivity index (χ1v) is 3.00. The van der Waals surface area contributed by atoms with E-state index in [1.807, 2.05) is 12.1 Å². The van der Waals surface area contributed by atoms with E-state index >= 15 is 0 Å². The lowest BCUT2D eigenvalue weighted by atomic mass is 9.85. The summed E-state index contributed by atoms with van der Waals surface area (Å²) in [6.45, 7) is 0. The average Bonchev–Trinajstić information content (AvgIpc) is 1.63. The first-order valence-electron chi connectivity index (χ1n) is 3.00. The smallest absolute Gasteiger partial charge is 0.0908 e. The summed E-state index contributed by atoms with van der Waals surface area (Å²) in [5.41, 5.74) is 0. The van der Waals surface area contributed by atoms with E-state index in [9.17, 15) is 0 Å². The average molecular weight is 107 g/mol. The Balaban J connectivity index is 2.20. The van der Waals surface area contributed by atoms with Crippen LogP contribution < -0.4 is 0 Å². The van der Waals surface area contributed by atoms with E-state index in [4.69, 9.17) is 5.26 Å². The Bertz CT molecular complexity index is 126. The van der Waals surface area contributed by atoms with E-state index < -0.39 is 0 Å². The lowest BCUT2D eigenvalue weighted by molar-refractivity contribution is 0.388. The van der Waals surface area contributed by atoms with Crippen LogP contribution in [0.1, 0.15) is 19.3 Å². The number of nitrogens with zero attached hydrogens (tertiary/aromatic N) is 1. The lowest BCUT2D eigenvalue weighted by Gasteiger charge is -2.20. The molecule has 0 bridgehead atoms. The molecule has 0 amide bonds. The van der Waals surface area contributed by atoms with Gasteiger partial charge in [-0.3, -0.25) is 0 Å². The van der Waals surface area contributed by atoms with E-state index in [1.165, 1.54) is 19.3 Å². The van der Waals surface area contributed by atoms with Gasteiger partial charge in [0.25, 0.3) is 0 Å². The second kappa shape index (κ2) is 2.52. The minimum Gasteiger partial charge on any atom is -0.193 e. The zero-order valence-corrected chi connectivity index (χ0v) is 4.80. The van der Waals surface area contributed by atoms with Crippen LogP contribution in [0.2, 0.25) is 0 Å².